The average molecular weight is 381 g/mol. The minimum Gasteiger partial charge on any atom is -0.459 e. The van der Waals surface area contributed by atoms with E-state index in [0.29, 0.717) is 6.54 Å². The molecule has 1 aromatic carbocycles. The summed E-state index contributed by atoms with van der Waals surface area (Å²) in [7, 11) is 1.85. The number of piperazine rings is 1. The molecule has 148 valence electrons. The normalized spacial score (nSPS) is 16.5. The van der Waals surface area contributed by atoms with Crippen LogP contribution in [0.2, 0.25) is 0 Å². The molecule has 3 heterocycles. The number of H-pyrrole nitrogens is 1. The number of carbonyl (C=O) groups is 1. The number of hydrogen-bond acceptors (Lipinski definition) is 5. The molecular formula is C21H27N5O2. The van der Waals surface area contributed by atoms with Gasteiger partial charge < -0.3 is 14.2 Å². The van der Waals surface area contributed by atoms with Crippen LogP contribution in [0.1, 0.15) is 24.4 Å². The lowest BCUT2D eigenvalue weighted by Crippen LogP contribution is -2.50. The zero-order valence-corrected chi connectivity index (χ0v) is 16.7. The number of rotatable bonds is 5. The number of aryl methyl sites for hydroxylation is 1. The molecule has 1 unspecified atom stereocenters. The number of nitrogens with zero attached hydrogens (tertiary/aromatic N) is 4. The largest absolute Gasteiger partial charge is 0.459 e. The molecule has 1 N–H and O–H groups in total. The number of nitrogens with one attached hydrogen (secondary N) is 1. The maximum absolute atomic E-state index is 12.8. The van der Waals surface area contributed by atoms with Crippen molar-refractivity contribution in [1.29, 1.82) is 0 Å². The fraction of sp³-hybridized carbons (Fsp3) is 0.429. The molecule has 7 nitrogen and oxygen atoms in total. The molecule has 1 aliphatic heterocycles. The predicted molar refractivity (Wildman–Crippen MR) is 109 cm³/mol. The van der Waals surface area contributed by atoms with Gasteiger partial charge in [0.15, 0.2) is 5.82 Å². The summed E-state index contributed by atoms with van der Waals surface area (Å²) in [4.78, 5) is 19.1. The first-order valence-electron chi connectivity index (χ1n) is 9.74. The van der Waals surface area contributed by atoms with Crippen LogP contribution < -0.4 is 4.90 Å². The molecule has 1 aliphatic rings. The molecule has 2 aromatic heterocycles. The summed E-state index contributed by atoms with van der Waals surface area (Å²) in [5, 5.41) is 8.38. The minimum atomic E-state index is -0.103. The predicted octanol–water partition coefficient (Wildman–Crippen LogP) is 2.81. The molecule has 0 radical (unpaired) electrons. The van der Waals surface area contributed by atoms with E-state index in [1.807, 2.05) is 51.2 Å². The van der Waals surface area contributed by atoms with Crippen LogP contribution in [-0.2, 0) is 4.79 Å². The van der Waals surface area contributed by atoms with E-state index in [-0.39, 0.29) is 11.9 Å². The highest BCUT2D eigenvalue weighted by Gasteiger charge is 2.25. The molecule has 1 amide bonds. The van der Waals surface area contributed by atoms with E-state index in [0.717, 1.165) is 54.4 Å². The Balaban J connectivity index is 1.33. The van der Waals surface area contributed by atoms with Crippen molar-refractivity contribution in [2.24, 2.45) is 0 Å². The van der Waals surface area contributed by atoms with Crippen molar-refractivity contribution in [1.82, 2.24) is 20.0 Å². The molecule has 3 aromatic rings. The number of para-hydroxylation sites is 1. The average Bonchev–Trinajstić information content (AvgIpc) is 3.33. The molecule has 1 atom stereocenters. The van der Waals surface area contributed by atoms with Gasteiger partial charge in [-0.05, 0) is 26.0 Å². The van der Waals surface area contributed by atoms with Crippen LogP contribution in [-0.4, -0.2) is 65.7 Å². The first-order valence-corrected chi connectivity index (χ1v) is 9.74. The number of anilines is 1. The third-order valence-corrected chi connectivity index (χ3v) is 5.58. The lowest BCUT2D eigenvalue weighted by molar-refractivity contribution is -0.133. The van der Waals surface area contributed by atoms with Crippen LogP contribution in [0.3, 0.4) is 0 Å². The zero-order chi connectivity index (χ0) is 19.7. The van der Waals surface area contributed by atoms with E-state index in [1.54, 1.807) is 4.90 Å². The maximum Gasteiger partial charge on any atom is 0.237 e. The van der Waals surface area contributed by atoms with Gasteiger partial charge in [-0.1, -0.05) is 18.2 Å². The number of likely N-dealkylation sites (N-methyl/N-ethyl adjacent to an activating group) is 1. The summed E-state index contributed by atoms with van der Waals surface area (Å²) in [6.45, 7) is 7.89. The molecule has 7 heteroatoms. The van der Waals surface area contributed by atoms with E-state index in [9.17, 15) is 4.79 Å². The highest BCUT2D eigenvalue weighted by molar-refractivity contribution is 5.80. The molecular weight excluding hydrogens is 354 g/mol. The first kappa shape index (κ1) is 18.6. The van der Waals surface area contributed by atoms with Crippen LogP contribution in [0.15, 0.2) is 40.8 Å². The highest BCUT2D eigenvalue weighted by atomic mass is 16.3. The van der Waals surface area contributed by atoms with Gasteiger partial charge in [-0.3, -0.25) is 14.8 Å². The van der Waals surface area contributed by atoms with Crippen molar-refractivity contribution >= 4 is 22.7 Å². The summed E-state index contributed by atoms with van der Waals surface area (Å²) < 4.78 is 5.93. The quantitative estimate of drug-likeness (QED) is 0.736. The Morgan fingerprint density at radius 2 is 2.00 bits per heavy atom. The molecule has 4 rings (SSSR count). The van der Waals surface area contributed by atoms with Gasteiger partial charge in [-0.15, -0.1) is 0 Å². The number of hydrogen-bond donors (Lipinski definition) is 1. The van der Waals surface area contributed by atoms with E-state index in [4.69, 9.17) is 4.42 Å². The van der Waals surface area contributed by atoms with Crippen molar-refractivity contribution in [2.75, 3.05) is 44.7 Å². The Morgan fingerprint density at radius 1 is 1.25 bits per heavy atom. The number of furan rings is 1. The first-order chi connectivity index (χ1) is 13.5. The number of carbonyl (C=O) groups excluding carboxylic acids is 1. The standard InChI is InChI=1S/C21H27N5O2/c1-15-12-20(23-22-15)26-10-8-25(9-11-26)14-21(27)24(3)16(2)19-13-17-6-4-5-7-18(17)28-19/h4-7,12-13,16H,8-11,14H2,1-3H3,(H,22,23). The summed E-state index contributed by atoms with van der Waals surface area (Å²) in [6, 6.07) is 11.9. The summed E-state index contributed by atoms with van der Waals surface area (Å²) in [5.74, 6) is 1.91. The van der Waals surface area contributed by atoms with Crippen LogP contribution in [0.5, 0.6) is 0 Å². The summed E-state index contributed by atoms with van der Waals surface area (Å²) in [6.07, 6.45) is 0. The Labute approximate surface area is 164 Å². The second-order valence-electron chi connectivity index (χ2n) is 7.54. The van der Waals surface area contributed by atoms with Gasteiger partial charge in [0, 0.05) is 50.4 Å². The van der Waals surface area contributed by atoms with E-state index in [1.165, 1.54) is 0 Å². The van der Waals surface area contributed by atoms with Crippen molar-refractivity contribution in [3.63, 3.8) is 0 Å². The van der Waals surface area contributed by atoms with Gasteiger partial charge in [0.1, 0.15) is 11.3 Å². The zero-order valence-electron chi connectivity index (χ0n) is 16.7. The summed E-state index contributed by atoms with van der Waals surface area (Å²) in [5.41, 5.74) is 1.92. The number of benzene rings is 1. The molecule has 0 aliphatic carbocycles. The number of aromatic amines is 1. The second-order valence-corrected chi connectivity index (χ2v) is 7.54. The second kappa shape index (κ2) is 7.67. The highest BCUT2D eigenvalue weighted by Crippen LogP contribution is 2.26. The third kappa shape index (κ3) is 3.75. The van der Waals surface area contributed by atoms with Crippen molar-refractivity contribution < 1.29 is 9.21 Å². The van der Waals surface area contributed by atoms with Gasteiger partial charge in [0.25, 0.3) is 0 Å². The minimum absolute atomic E-state index is 0.103. The SMILES string of the molecule is Cc1cc(N2CCN(CC(=O)N(C)C(C)c3cc4ccccc4o3)CC2)n[nH]1. The molecule has 0 spiro atoms. The molecule has 0 saturated carbocycles. The Kier molecular flexibility index (Phi) is 5.09. The van der Waals surface area contributed by atoms with Crippen molar-refractivity contribution in [3.05, 3.63) is 47.9 Å². The van der Waals surface area contributed by atoms with Gasteiger partial charge in [0.2, 0.25) is 5.91 Å². The number of aromatic nitrogens is 2. The number of fused-ring (bicyclic) bond motifs is 1. The van der Waals surface area contributed by atoms with Gasteiger partial charge in [-0.25, -0.2) is 0 Å². The molecule has 1 fully saturated rings. The third-order valence-electron chi connectivity index (χ3n) is 5.58. The Bertz CT molecular complexity index is 922. The van der Waals surface area contributed by atoms with Crippen molar-refractivity contribution in [2.45, 2.75) is 19.9 Å². The maximum atomic E-state index is 12.8. The fourth-order valence-corrected chi connectivity index (χ4v) is 3.62. The van der Waals surface area contributed by atoms with E-state index < -0.39 is 0 Å². The number of amides is 1. The fourth-order valence-electron chi connectivity index (χ4n) is 3.62. The molecule has 28 heavy (non-hydrogen) atoms. The van der Waals surface area contributed by atoms with E-state index in [2.05, 4.69) is 26.1 Å². The van der Waals surface area contributed by atoms with E-state index >= 15 is 0 Å². The Hall–Kier alpha value is -2.80. The van der Waals surface area contributed by atoms with Crippen LogP contribution in [0, 0.1) is 6.92 Å². The smallest absolute Gasteiger partial charge is 0.237 e. The lowest BCUT2D eigenvalue weighted by Gasteiger charge is -2.35. The van der Waals surface area contributed by atoms with Crippen LogP contribution in [0.4, 0.5) is 5.82 Å². The van der Waals surface area contributed by atoms with Crippen molar-refractivity contribution in [3.8, 4) is 0 Å². The van der Waals surface area contributed by atoms with Crippen LogP contribution in [0.25, 0.3) is 11.0 Å². The van der Waals surface area contributed by atoms with Gasteiger partial charge >= 0.3 is 0 Å². The topological polar surface area (TPSA) is 68.6 Å². The van der Waals surface area contributed by atoms with Gasteiger partial charge in [-0.2, -0.15) is 5.10 Å². The molecule has 1 saturated heterocycles. The monoisotopic (exact) mass is 381 g/mol. The Morgan fingerprint density at radius 3 is 2.68 bits per heavy atom. The van der Waals surface area contributed by atoms with Crippen LogP contribution >= 0.6 is 0 Å². The summed E-state index contributed by atoms with van der Waals surface area (Å²) >= 11 is 0. The molecule has 0 bridgehead atoms. The lowest BCUT2D eigenvalue weighted by atomic mass is 10.2. The van der Waals surface area contributed by atoms with Gasteiger partial charge in [0.05, 0.1) is 12.6 Å².